The van der Waals surface area contributed by atoms with E-state index in [4.69, 9.17) is 33.7 Å². The fraction of sp³-hybridized carbons (Fsp3) is 0.250. The van der Waals surface area contributed by atoms with Gasteiger partial charge >= 0.3 is 0 Å². The first-order chi connectivity index (χ1) is 7.50. The molecule has 0 spiro atoms. The van der Waals surface area contributed by atoms with Crippen LogP contribution in [-0.4, -0.2) is 10.8 Å². The lowest BCUT2D eigenvalue weighted by molar-refractivity contribution is 0.388. The minimum atomic E-state index is 0.155. The van der Waals surface area contributed by atoms with Crippen LogP contribution >= 0.6 is 23.2 Å². The zero-order valence-electron chi connectivity index (χ0n) is 8.76. The molecule has 0 aliphatic rings. The van der Waals surface area contributed by atoms with Gasteiger partial charge in [0.2, 0.25) is 0 Å². The van der Waals surface area contributed by atoms with Crippen molar-refractivity contribution in [2.24, 2.45) is 0 Å². The van der Waals surface area contributed by atoms with Crippen LogP contribution in [0, 0.1) is 5.41 Å². The van der Waals surface area contributed by atoms with E-state index in [-0.39, 0.29) is 5.76 Å². The molecule has 86 valence electrons. The lowest BCUT2D eigenvalue weighted by atomic mass is 10.0. The van der Waals surface area contributed by atoms with Gasteiger partial charge in [-0.1, -0.05) is 35.8 Å². The Bertz CT molecular complexity index is 415. The minimum absolute atomic E-state index is 0.155. The molecule has 0 bridgehead atoms. The highest BCUT2D eigenvalue weighted by atomic mass is 35.5. The maximum absolute atomic E-state index is 8.91. The maximum atomic E-state index is 8.91. The van der Waals surface area contributed by atoms with E-state index >= 15 is 0 Å². The number of nitrogens with one attached hydrogen (secondary N) is 1. The topological polar surface area (TPSA) is 44.1 Å². The van der Waals surface area contributed by atoms with Crippen LogP contribution in [0.2, 0.25) is 10.0 Å². The van der Waals surface area contributed by atoms with Crippen LogP contribution in [0.4, 0.5) is 0 Å². The molecule has 1 aromatic carbocycles. The molecule has 0 fully saturated rings. The van der Waals surface area contributed by atoms with Crippen molar-refractivity contribution in [3.8, 4) is 0 Å². The first kappa shape index (κ1) is 13.1. The Labute approximate surface area is 105 Å². The summed E-state index contributed by atoms with van der Waals surface area (Å²) in [5.74, 6) is 0.155. The van der Waals surface area contributed by atoms with E-state index in [0.29, 0.717) is 35.0 Å². The molecule has 1 rings (SSSR count). The standard InChI is InChI=1S/C12H13Cl2NO/c1-8(16)3-2-4-12(15)9-5-6-10(13)11(14)7-9/h5-7,15-16H,1-4H2. The maximum Gasteiger partial charge on any atom is 0.0851 e. The molecule has 2 nitrogen and oxygen atoms in total. The molecule has 0 aromatic heterocycles. The normalized spacial score (nSPS) is 10.1. The Morgan fingerprint density at radius 2 is 1.94 bits per heavy atom. The highest BCUT2D eigenvalue weighted by Crippen LogP contribution is 2.23. The first-order valence-corrected chi connectivity index (χ1v) is 5.66. The van der Waals surface area contributed by atoms with Crippen molar-refractivity contribution in [2.75, 3.05) is 0 Å². The summed E-state index contributed by atoms with van der Waals surface area (Å²) >= 11 is 11.6. The van der Waals surface area contributed by atoms with Crippen molar-refractivity contribution in [1.82, 2.24) is 0 Å². The van der Waals surface area contributed by atoms with Crippen LogP contribution in [0.25, 0.3) is 0 Å². The highest BCUT2D eigenvalue weighted by Gasteiger charge is 2.05. The van der Waals surface area contributed by atoms with Crippen LogP contribution in [0.1, 0.15) is 24.8 Å². The van der Waals surface area contributed by atoms with Gasteiger partial charge in [-0.3, -0.25) is 0 Å². The molecule has 4 heteroatoms. The Hall–Kier alpha value is -0.990. The molecule has 0 radical (unpaired) electrons. The summed E-state index contributed by atoms with van der Waals surface area (Å²) in [6.45, 7) is 3.40. The number of rotatable bonds is 5. The second kappa shape index (κ2) is 5.92. The summed E-state index contributed by atoms with van der Waals surface area (Å²) in [6, 6.07) is 5.13. The number of benzene rings is 1. The summed E-state index contributed by atoms with van der Waals surface area (Å²) < 4.78 is 0. The van der Waals surface area contributed by atoms with Crippen LogP contribution in [0.5, 0.6) is 0 Å². The van der Waals surface area contributed by atoms with Gasteiger partial charge in [-0.2, -0.15) is 0 Å². The zero-order chi connectivity index (χ0) is 12.1. The lowest BCUT2D eigenvalue weighted by Gasteiger charge is -2.05. The van der Waals surface area contributed by atoms with Gasteiger partial charge in [0.05, 0.1) is 15.8 Å². The molecule has 1 aromatic rings. The third-order valence-electron chi connectivity index (χ3n) is 2.16. The number of hydrogen-bond donors (Lipinski definition) is 2. The number of aliphatic hydroxyl groups is 1. The van der Waals surface area contributed by atoms with E-state index in [2.05, 4.69) is 6.58 Å². The lowest BCUT2D eigenvalue weighted by Crippen LogP contribution is -1.99. The van der Waals surface area contributed by atoms with Gasteiger partial charge in [-0.05, 0) is 30.5 Å². The Morgan fingerprint density at radius 1 is 1.25 bits per heavy atom. The van der Waals surface area contributed by atoms with E-state index in [1.807, 2.05) is 0 Å². The number of hydrogen-bond acceptors (Lipinski definition) is 2. The smallest absolute Gasteiger partial charge is 0.0851 e. The number of allylic oxidation sites excluding steroid dienone is 1. The van der Waals surface area contributed by atoms with Gasteiger partial charge in [0.15, 0.2) is 0 Å². The molecule has 2 N–H and O–H groups in total. The van der Waals surface area contributed by atoms with Crippen molar-refractivity contribution in [3.05, 3.63) is 46.1 Å². The molecule has 0 saturated carbocycles. The van der Waals surface area contributed by atoms with Crippen molar-refractivity contribution >= 4 is 28.9 Å². The Kier molecular flexibility index (Phi) is 4.84. The molecule has 0 atom stereocenters. The molecule has 0 saturated heterocycles. The number of halogens is 2. The summed E-state index contributed by atoms with van der Waals surface area (Å²) in [6.07, 6.45) is 1.80. The van der Waals surface area contributed by atoms with Gasteiger partial charge in [-0.25, -0.2) is 0 Å². The molecular formula is C12H13Cl2NO. The van der Waals surface area contributed by atoms with Crippen LogP contribution < -0.4 is 0 Å². The van der Waals surface area contributed by atoms with Gasteiger partial charge < -0.3 is 10.5 Å². The largest absolute Gasteiger partial charge is 0.513 e. The summed E-state index contributed by atoms with van der Waals surface area (Å²) in [5, 5.41) is 17.7. The summed E-state index contributed by atoms with van der Waals surface area (Å²) in [4.78, 5) is 0. The van der Waals surface area contributed by atoms with Crippen LogP contribution in [0.3, 0.4) is 0 Å². The number of aliphatic hydroxyl groups excluding tert-OH is 1. The fourth-order valence-corrected chi connectivity index (χ4v) is 1.60. The molecule has 0 aliphatic carbocycles. The molecule has 0 amide bonds. The van der Waals surface area contributed by atoms with E-state index in [1.54, 1.807) is 18.2 Å². The van der Waals surface area contributed by atoms with Crippen molar-refractivity contribution in [1.29, 1.82) is 5.41 Å². The Balaban J connectivity index is 2.59. The Morgan fingerprint density at radius 3 is 2.50 bits per heavy atom. The van der Waals surface area contributed by atoms with Crippen LogP contribution in [-0.2, 0) is 0 Å². The van der Waals surface area contributed by atoms with Crippen LogP contribution in [0.15, 0.2) is 30.5 Å². The third-order valence-corrected chi connectivity index (χ3v) is 2.90. The third kappa shape index (κ3) is 3.87. The molecule has 0 heterocycles. The monoisotopic (exact) mass is 257 g/mol. The van der Waals surface area contributed by atoms with Gasteiger partial charge in [-0.15, -0.1) is 0 Å². The second-order valence-corrected chi connectivity index (χ2v) is 4.34. The molecule has 0 unspecified atom stereocenters. The average Bonchev–Trinajstić information content (AvgIpc) is 2.21. The molecular weight excluding hydrogens is 245 g/mol. The zero-order valence-corrected chi connectivity index (χ0v) is 10.3. The van der Waals surface area contributed by atoms with E-state index in [9.17, 15) is 0 Å². The predicted octanol–water partition coefficient (Wildman–Crippen LogP) is 4.60. The predicted molar refractivity (Wildman–Crippen MR) is 68.9 cm³/mol. The average molecular weight is 258 g/mol. The van der Waals surface area contributed by atoms with E-state index in [0.717, 1.165) is 5.56 Å². The van der Waals surface area contributed by atoms with Gasteiger partial charge in [0.25, 0.3) is 0 Å². The van der Waals surface area contributed by atoms with Gasteiger partial charge in [0.1, 0.15) is 0 Å². The van der Waals surface area contributed by atoms with Crippen molar-refractivity contribution in [2.45, 2.75) is 19.3 Å². The summed E-state index contributed by atoms with van der Waals surface area (Å²) in [7, 11) is 0. The quantitative estimate of drug-likeness (QED) is 0.588. The minimum Gasteiger partial charge on any atom is -0.513 e. The summed E-state index contributed by atoms with van der Waals surface area (Å²) in [5.41, 5.74) is 1.25. The highest BCUT2D eigenvalue weighted by molar-refractivity contribution is 6.42. The van der Waals surface area contributed by atoms with Crippen molar-refractivity contribution < 1.29 is 5.11 Å². The molecule has 0 aliphatic heterocycles. The second-order valence-electron chi connectivity index (χ2n) is 3.53. The molecule has 16 heavy (non-hydrogen) atoms. The van der Waals surface area contributed by atoms with Crippen molar-refractivity contribution in [3.63, 3.8) is 0 Å². The first-order valence-electron chi connectivity index (χ1n) is 4.90. The van der Waals surface area contributed by atoms with E-state index < -0.39 is 0 Å². The SMILES string of the molecule is C=C(O)CCCC(=N)c1ccc(Cl)c(Cl)c1. The van der Waals surface area contributed by atoms with Gasteiger partial charge in [0, 0.05) is 12.1 Å². The van der Waals surface area contributed by atoms with E-state index in [1.165, 1.54) is 0 Å². The fourth-order valence-electron chi connectivity index (χ4n) is 1.30.